The molecule has 2 aromatic carbocycles. The number of nitriles is 1. The Labute approximate surface area is 162 Å². The maximum absolute atomic E-state index is 12.1. The Kier molecular flexibility index (Phi) is 7.37. The Morgan fingerprint density at radius 2 is 2.12 bits per heavy atom. The minimum atomic E-state index is -0.267. The van der Waals surface area contributed by atoms with E-state index in [1.807, 2.05) is 31.2 Å². The fourth-order valence-electron chi connectivity index (χ4n) is 2.52. The van der Waals surface area contributed by atoms with Gasteiger partial charge in [-0.25, -0.2) is 5.43 Å². The number of rotatable bonds is 7. The van der Waals surface area contributed by atoms with Crippen LogP contribution in [0.5, 0.6) is 0 Å². The highest BCUT2D eigenvalue weighted by Gasteiger charge is 2.08. The van der Waals surface area contributed by atoms with Gasteiger partial charge in [-0.2, -0.15) is 10.4 Å². The molecular weight excluding hydrogens is 392 g/mol. The summed E-state index contributed by atoms with van der Waals surface area (Å²) in [4.78, 5) is 14.3. The molecule has 0 aliphatic carbocycles. The third-order valence-corrected chi connectivity index (χ3v) is 4.67. The average Bonchev–Trinajstić information content (AvgIpc) is 2.64. The second-order valence-corrected chi connectivity index (χ2v) is 6.56. The smallest absolute Gasteiger partial charge is 0.272 e. The predicted molar refractivity (Wildman–Crippen MR) is 108 cm³/mol. The Hall–Kier alpha value is -2.65. The first-order chi connectivity index (χ1) is 12.6. The van der Waals surface area contributed by atoms with Gasteiger partial charge in [-0.3, -0.25) is 4.79 Å². The van der Waals surface area contributed by atoms with Gasteiger partial charge in [0.15, 0.2) is 0 Å². The van der Waals surface area contributed by atoms with Crippen molar-refractivity contribution in [2.24, 2.45) is 5.10 Å². The average molecular weight is 413 g/mol. The van der Waals surface area contributed by atoms with Crippen LogP contribution in [0.1, 0.15) is 34.8 Å². The summed E-state index contributed by atoms with van der Waals surface area (Å²) >= 11 is 3.35. The largest absolute Gasteiger partial charge is 0.371 e. The summed E-state index contributed by atoms with van der Waals surface area (Å²) in [5.41, 5.74) is 6.14. The fourth-order valence-corrected chi connectivity index (χ4v) is 2.99. The lowest BCUT2D eigenvalue weighted by Gasteiger charge is -2.22. The van der Waals surface area contributed by atoms with E-state index in [1.54, 1.807) is 18.3 Å². The summed E-state index contributed by atoms with van der Waals surface area (Å²) in [5, 5.41) is 12.8. The van der Waals surface area contributed by atoms with Crippen molar-refractivity contribution in [3.8, 4) is 6.07 Å². The molecule has 0 atom stereocenters. The lowest BCUT2D eigenvalue weighted by atomic mass is 10.1. The van der Waals surface area contributed by atoms with E-state index in [-0.39, 0.29) is 5.91 Å². The van der Waals surface area contributed by atoms with Gasteiger partial charge in [0, 0.05) is 23.2 Å². The van der Waals surface area contributed by atoms with E-state index in [9.17, 15) is 4.79 Å². The van der Waals surface area contributed by atoms with Crippen LogP contribution in [0.3, 0.4) is 0 Å². The normalized spacial score (nSPS) is 10.5. The highest BCUT2D eigenvalue weighted by molar-refractivity contribution is 9.10. The molecule has 0 bridgehead atoms. The van der Waals surface area contributed by atoms with Crippen molar-refractivity contribution in [3.05, 3.63) is 63.6 Å². The quantitative estimate of drug-likeness (QED) is 0.545. The van der Waals surface area contributed by atoms with Crippen LogP contribution in [0.2, 0.25) is 0 Å². The number of carbonyl (C=O) groups is 1. The Bertz CT molecular complexity index is 842. The molecule has 0 aliphatic heterocycles. The van der Waals surface area contributed by atoms with Crippen molar-refractivity contribution >= 4 is 33.7 Å². The van der Waals surface area contributed by atoms with Crippen LogP contribution in [-0.2, 0) is 0 Å². The Morgan fingerprint density at radius 3 is 2.77 bits per heavy atom. The first-order valence-electron chi connectivity index (χ1n) is 8.37. The summed E-state index contributed by atoms with van der Waals surface area (Å²) in [5.74, 6) is -0.267. The summed E-state index contributed by atoms with van der Waals surface area (Å²) in [7, 11) is 0. The minimum absolute atomic E-state index is 0.267. The molecule has 2 aromatic rings. The Balaban J connectivity index is 2.05. The lowest BCUT2D eigenvalue weighted by Crippen LogP contribution is -2.23. The molecule has 0 saturated carbocycles. The van der Waals surface area contributed by atoms with Crippen molar-refractivity contribution < 1.29 is 4.79 Å². The maximum Gasteiger partial charge on any atom is 0.272 e. The van der Waals surface area contributed by atoms with Crippen LogP contribution in [0.25, 0.3) is 0 Å². The molecule has 5 nitrogen and oxygen atoms in total. The van der Waals surface area contributed by atoms with E-state index in [1.165, 1.54) is 0 Å². The monoisotopic (exact) mass is 412 g/mol. The number of hydrazone groups is 1. The molecule has 0 radical (unpaired) electrons. The molecule has 0 aliphatic rings. The van der Waals surface area contributed by atoms with Crippen molar-refractivity contribution in [1.82, 2.24) is 5.43 Å². The number of aryl methyl sites for hydroxylation is 1. The minimum Gasteiger partial charge on any atom is -0.371 e. The van der Waals surface area contributed by atoms with Crippen molar-refractivity contribution in [1.29, 1.82) is 5.26 Å². The summed E-state index contributed by atoms with van der Waals surface area (Å²) in [6, 6.07) is 15.4. The highest BCUT2D eigenvalue weighted by atomic mass is 79.9. The molecular formula is C20H21BrN4O. The first kappa shape index (κ1) is 19.7. The van der Waals surface area contributed by atoms with Gasteiger partial charge in [0.1, 0.15) is 0 Å². The molecule has 1 N–H and O–H groups in total. The molecule has 0 spiro atoms. The van der Waals surface area contributed by atoms with E-state index in [0.29, 0.717) is 18.5 Å². The van der Waals surface area contributed by atoms with Crippen LogP contribution in [0.4, 0.5) is 5.69 Å². The van der Waals surface area contributed by atoms with Gasteiger partial charge in [-0.15, -0.1) is 0 Å². The number of benzene rings is 2. The molecule has 0 heterocycles. The number of halogens is 1. The lowest BCUT2D eigenvalue weighted by molar-refractivity contribution is 0.0954. The van der Waals surface area contributed by atoms with E-state index in [0.717, 1.165) is 27.8 Å². The third-order valence-electron chi connectivity index (χ3n) is 3.98. The molecule has 0 fully saturated rings. The van der Waals surface area contributed by atoms with Crippen LogP contribution in [0.15, 0.2) is 52.0 Å². The fraction of sp³-hybridized carbons (Fsp3) is 0.250. The number of anilines is 1. The third kappa shape index (κ3) is 5.17. The molecule has 2 rings (SSSR count). The zero-order chi connectivity index (χ0) is 18.9. The molecule has 26 heavy (non-hydrogen) atoms. The van der Waals surface area contributed by atoms with E-state index < -0.39 is 0 Å². The van der Waals surface area contributed by atoms with Gasteiger partial charge in [-0.1, -0.05) is 18.2 Å². The van der Waals surface area contributed by atoms with Crippen LogP contribution in [-0.4, -0.2) is 25.2 Å². The summed E-state index contributed by atoms with van der Waals surface area (Å²) < 4.78 is 0.727. The predicted octanol–water partition coefficient (Wildman–Crippen LogP) is 4.26. The van der Waals surface area contributed by atoms with Crippen LogP contribution >= 0.6 is 15.9 Å². The van der Waals surface area contributed by atoms with Gasteiger partial charge >= 0.3 is 0 Å². The van der Waals surface area contributed by atoms with Gasteiger partial charge in [0.2, 0.25) is 0 Å². The van der Waals surface area contributed by atoms with E-state index >= 15 is 0 Å². The molecule has 0 aromatic heterocycles. The van der Waals surface area contributed by atoms with Crippen molar-refractivity contribution in [3.63, 3.8) is 0 Å². The number of amides is 1. The highest BCUT2D eigenvalue weighted by Crippen LogP contribution is 2.19. The number of hydrogen-bond donors (Lipinski definition) is 1. The summed E-state index contributed by atoms with van der Waals surface area (Å²) in [6.07, 6.45) is 2.14. The number of nitrogens with zero attached hydrogens (tertiary/aromatic N) is 3. The van der Waals surface area contributed by atoms with Gasteiger partial charge in [0.05, 0.1) is 24.3 Å². The van der Waals surface area contributed by atoms with E-state index in [4.69, 9.17) is 5.26 Å². The number of hydrogen-bond acceptors (Lipinski definition) is 4. The maximum atomic E-state index is 12.1. The molecule has 134 valence electrons. The molecule has 0 saturated heterocycles. The Morgan fingerprint density at radius 1 is 1.35 bits per heavy atom. The first-order valence-corrected chi connectivity index (χ1v) is 9.16. The van der Waals surface area contributed by atoms with Crippen LogP contribution < -0.4 is 10.3 Å². The number of nitrogens with one attached hydrogen (secondary N) is 1. The van der Waals surface area contributed by atoms with Gasteiger partial charge < -0.3 is 4.90 Å². The standard InChI is InChI=1S/C20H21BrN4O/c1-3-25(12-6-11-22)17-10-9-16(15(2)13-17)14-23-24-20(26)18-7-4-5-8-19(18)21/h4-5,7-10,13-14H,3,6,12H2,1-2H3,(H,24,26)/b23-14-. The van der Waals surface area contributed by atoms with Crippen molar-refractivity contribution in [2.75, 3.05) is 18.0 Å². The zero-order valence-electron chi connectivity index (χ0n) is 14.9. The zero-order valence-corrected chi connectivity index (χ0v) is 16.5. The molecule has 0 unspecified atom stereocenters. The SMILES string of the molecule is CCN(CCC#N)c1ccc(/C=N\NC(=O)c2ccccc2Br)c(C)c1. The molecule has 1 amide bonds. The number of carbonyl (C=O) groups excluding carboxylic acids is 1. The van der Waals surface area contributed by atoms with E-state index in [2.05, 4.69) is 50.4 Å². The summed E-state index contributed by atoms with van der Waals surface area (Å²) in [6.45, 7) is 5.62. The van der Waals surface area contributed by atoms with Crippen LogP contribution in [0, 0.1) is 18.3 Å². The second kappa shape index (κ2) is 9.73. The molecule has 6 heteroatoms. The van der Waals surface area contributed by atoms with Gasteiger partial charge in [-0.05, 0) is 65.2 Å². The van der Waals surface area contributed by atoms with Gasteiger partial charge in [0.25, 0.3) is 5.91 Å². The van der Waals surface area contributed by atoms with Crippen molar-refractivity contribution in [2.45, 2.75) is 20.3 Å². The second-order valence-electron chi connectivity index (χ2n) is 5.71. The topological polar surface area (TPSA) is 68.5 Å².